The molecule has 0 saturated carbocycles. The highest BCUT2D eigenvalue weighted by molar-refractivity contribution is 7.71. The largest absolute Gasteiger partial charge is 0.473 e. The molecule has 0 saturated heterocycles. The van der Waals surface area contributed by atoms with E-state index in [2.05, 4.69) is 20.3 Å². The lowest BCUT2D eigenvalue weighted by atomic mass is 10.1. The quantitative estimate of drug-likeness (QED) is 0.416. The number of amides is 1. The van der Waals surface area contributed by atoms with Gasteiger partial charge in [0.2, 0.25) is 5.88 Å². The molecule has 6 nitrogen and oxygen atoms in total. The molecule has 29 heavy (non-hydrogen) atoms. The number of hydrogen-bond acceptors (Lipinski definition) is 4. The molecular formula is C21H17FN4O2S. The summed E-state index contributed by atoms with van der Waals surface area (Å²) in [7, 11) is 0. The summed E-state index contributed by atoms with van der Waals surface area (Å²) in [5.74, 6) is -0.472. The topological polar surface area (TPSA) is 82.8 Å². The van der Waals surface area contributed by atoms with Gasteiger partial charge in [0.05, 0.1) is 16.6 Å². The molecule has 0 fully saturated rings. The van der Waals surface area contributed by atoms with Crippen LogP contribution in [0.15, 0.2) is 60.8 Å². The van der Waals surface area contributed by atoms with E-state index < -0.39 is 11.7 Å². The number of rotatable bonds is 6. The van der Waals surface area contributed by atoms with E-state index in [4.69, 9.17) is 17.0 Å². The highest BCUT2D eigenvalue weighted by atomic mass is 32.1. The van der Waals surface area contributed by atoms with Crippen LogP contribution in [-0.2, 0) is 13.2 Å². The first kappa shape index (κ1) is 18.8. The molecule has 1 amide bonds. The van der Waals surface area contributed by atoms with Gasteiger partial charge in [-0.1, -0.05) is 30.3 Å². The van der Waals surface area contributed by atoms with E-state index in [1.165, 1.54) is 12.1 Å². The average molecular weight is 408 g/mol. The number of aromatic amines is 2. The monoisotopic (exact) mass is 408 g/mol. The van der Waals surface area contributed by atoms with Crippen molar-refractivity contribution in [2.45, 2.75) is 13.2 Å². The fourth-order valence-electron chi connectivity index (χ4n) is 2.93. The fourth-order valence-corrected chi connectivity index (χ4v) is 3.15. The summed E-state index contributed by atoms with van der Waals surface area (Å²) in [6.45, 7) is 0.643. The number of ether oxygens (including phenoxy) is 1. The minimum absolute atomic E-state index is 0.182. The van der Waals surface area contributed by atoms with Gasteiger partial charge in [-0.05, 0) is 41.5 Å². The molecule has 2 aromatic carbocycles. The van der Waals surface area contributed by atoms with Crippen LogP contribution in [-0.4, -0.2) is 20.9 Å². The number of halogens is 1. The van der Waals surface area contributed by atoms with Gasteiger partial charge in [-0.25, -0.2) is 9.37 Å². The third-order valence-corrected chi connectivity index (χ3v) is 4.52. The number of fused-ring (bicyclic) bond motifs is 1. The molecule has 2 aromatic heterocycles. The Kier molecular flexibility index (Phi) is 5.35. The predicted molar refractivity (Wildman–Crippen MR) is 110 cm³/mol. The molecule has 0 spiro atoms. The molecule has 0 radical (unpaired) electrons. The maximum Gasteiger partial charge on any atom is 0.253 e. The Balaban J connectivity index is 1.44. The Morgan fingerprint density at radius 2 is 1.93 bits per heavy atom. The Morgan fingerprint density at radius 1 is 1.10 bits per heavy atom. The molecule has 0 aliphatic rings. The molecule has 146 valence electrons. The predicted octanol–water partition coefficient (Wildman–Crippen LogP) is 4.27. The third kappa shape index (κ3) is 4.49. The van der Waals surface area contributed by atoms with Gasteiger partial charge < -0.3 is 20.0 Å². The first-order chi connectivity index (χ1) is 14.1. The second-order valence-electron chi connectivity index (χ2n) is 6.41. The number of carbonyl (C=O) groups excluding carboxylic acids is 1. The Morgan fingerprint density at radius 3 is 2.76 bits per heavy atom. The summed E-state index contributed by atoms with van der Waals surface area (Å²) in [5, 5.41) is 2.79. The van der Waals surface area contributed by atoms with Gasteiger partial charge in [0.15, 0.2) is 4.77 Å². The second-order valence-corrected chi connectivity index (χ2v) is 6.82. The van der Waals surface area contributed by atoms with E-state index in [1.54, 1.807) is 18.3 Å². The molecule has 4 rings (SSSR count). The molecule has 2 heterocycles. The molecule has 0 aliphatic carbocycles. The molecular weight excluding hydrogens is 391 g/mol. The lowest BCUT2D eigenvalue weighted by Gasteiger charge is -2.09. The maximum absolute atomic E-state index is 13.8. The van der Waals surface area contributed by atoms with Crippen molar-refractivity contribution in [3.63, 3.8) is 0 Å². The highest BCUT2D eigenvalue weighted by Gasteiger charge is 2.14. The summed E-state index contributed by atoms with van der Waals surface area (Å²) in [6.07, 6.45) is 1.62. The number of carbonyl (C=O) groups is 1. The van der Waals surface area contributed by atoms with Crippen LogP contribution in [0.25, 0.3) is 11.0 Å². The van der Waals surface area contributed by atoms with E-state index in [0.29, 0.717) is 28.3 Å². The van der Waals surface area contributed by atoms with Crippen molar-refractivity contribution < 1.29 is 13.9 Å². The minimum Gasteiger partial charge on any atom is -0.473 e. The lowest BCUT2D eigenvalue weighted by molar-refractivity contribution is 0.0952. The zero-order chi connectivity index (χ0) is 20.2. The minimum atomic E-state index is -0.520. The molecule has 0 unspecified atom stereocenters. The molecule has 0 atom stereocenters. The van der Waals surface area contributed by atoms with E-state index in [-0.39, 0.29) is 12.1 Å². The van der Waals surface area contributed by atoms with Gasteiger partial charge in [-0.2, -0.15) is 0 Å². The van der Waals surface area contributed by atoms with Crippen LogP contribution in [0.1, 0.15) is 21.5 Å². The van der Waals surface area contributed by atoms with E-state index >= 15 is 0 Å². The van der Waals surface area contributed by atoms with Crippen molar-refractivity contribution in [3.05, 3.63) is 88.1 Å². The number of imidazole rings is 1. The van der Waals surface area contributed by atoms with Crippen LogP contribution in [0.2, 0.25) is 0 Å². The van der Waals surface area contributed by atoms with Crippen LogP contribution in [0.5, 0.6) is 5.88 Å². The number of nitrogens with zero attached hydrogens (tertiary/aromatic N) is 1. The van der Waals surface area contributed by atoms with Crippen LogP contribution in [0.4, 0.5) is 4.39 Å². The maximum atomic E-state index is 13.8. The molecule has 0 aliphatic heterocycles. The Labute approximate surface area is 170 Å². The van der Waals surface area contributed by atoms with Crippen LogP contribution >= 0.6 is 12.2 Å². The normalized spacial score (nSPS) is 10.8. The number of aromatic nitrogens is 3. The number of pyridine rings is 1. The smallest absolute Gasteiger partial charge is 0.253 e. The summed E-state index contributed by atoms with van der Waals surface area (Å²) in [6, 6.07) is 15.8. The molecule has 4 aromatic rings. The average Bonchev–Trinajstić information content (AvgIpc) is 3.10. The Hall–Kier alpha value is -3.52. The van der Waals surface area contributed by atoms with E-state index in [1.807, 2.05) is 30.3 Å². The van der Waals surface area contributed by atoms with Gasteiger partial charge >= 0.3 is 0 Å². The molecule has 3 N–H and O–H groups in total. The lowest BCUT2D eigenvalue weighted by Crippen LogP contribution is -2.23. The fraction of sp³-hybridized carbons (Fsp3) is 0.0952. The van der Waals surface area contributed by atoms with Crippen molar-refractivity contribution >= 4 is 29.2 Å². The van der Waals surface area contributed by atoms with Crippen molar-refractivity contribution in [2.24, 2.45) is 0 Å². The first-order valence-corrected chi connectivity index (χ1v) is 9.31. The van der Waals surface area contributed by atoms with Crippen molar-refractivity contribution in [3.8, 4) is 5.88 Å². The third-order valence-electron chi connectivity index (χ3n) is 4.32. The van der Waals surface area contributed by atoms with Gasteiger partial charge in [0.1, 0.15) is 12.4 Å². The zero-order valence-corrected chi connectivity index (χ0v) is 16.1. The summed E-state index contributed by atoms with van der Waals surface area (Å²) < 4.78 is 19.9. The second kappa shape index (κ2) is 8.24. The van der Waals surface area contributed by atoms with Crippen LogP contribution in [0, 0.1) is 10.6 Å². The standard InChI is InChI=1S/C21H17FN4O2S/c22-15-9-16(19-17(10-15)25-21(29)26-19)20(27)24-11-14-6-7-23-18(8-14)28-12-13-4-2-1-3-5-13/h1-10H,11-12H2,(H,24,27)(H2,25,26,29). The molecule has 0 bridgehead atoms. The van der Waals surface area contributed by atoms with Gasteiger partial charge in [-0.3, -0.25) is 4.79 Å². The number of nitrogens with one attached hydrogen (secondary N) is 3. The number of H-pyrrole nitrogens is 2. The summed E-state index contributed by atoms with van der Waals surface area (Å²) >= 11 is 5.03. The van der Waals surface area contributed by atoms with Crippen LogP contribution in [0.3, 0.4) is 0 Å². The highest BCUT2D eigenvalue weighted by Crippen LogP contribution is 2.18. The van der Waals surface area contributed by atoms with Crippen molar-refractivity contribution in [1.29, 1.82) is 0 Å². The van der Waals surface area contributed by atoms with E-state index in [9.17, 15) is 9.18 Å². The van der Waals surface area contributed by atoms with Gasteiger partial charge in [0.25, 0.3) is 5.91 Å². The van der Waals surface area contributed by atoms with Gasteiger partial charge in [-0.15, -0.1) is 0 Å². The molecule has 8 heteroatoms. The summed E-state index contributed by atoms with van der Waals surface area (Å²) in [4.78, 5) is 22.5. The van der Waals surface area contributed by atoms with Gasteiger partial charge in [0, 0.05) is 18.8 Å². The van der Waals surface area contributed by atoms with Crippen molar-refractivity contribution in [1.82, 2.24) is 20.3 Å². The zero-order valence-electron chi connectivity index (χ0n) is 15.2. The first-order valence-electron chi connectivity index (χ1n) is 8.90. The van der Waals surface area contributed by atoms with E-state index in [0.717, 1.165) is 11.1 Å². The van der Waals surface area contributed by atoms with Crippen LogP contribution < -0.4 is 10.1 Å². The Bertz CT molecular complexity index is 1220. The number of hydrogen-bond donors (Lipinski definition) is 3. The SMILES string of the molecule is O=C(NCc1ccnc(OCc2ccccc2)c1)c1cc(F)cc2[nH]c(=S)[nH]c12. The number of benzene rings is 2. The van der Waals surface area contributed by atoms with Crippen molar-refractivity contribution in [2.75, 3.05) is 0 Å². The summed E-state index contributed by atoms with van der Waals surface area (Å²) in [5.41, 5.74) is 2.94.